The molecule has 1 saturated heterocycles. The molecular weight excluding hydrogens is 489 g/mol. The summed E-state index contributed by atoms with van der Waals surface area (Å²) in [6.07, 6.45) is 5.16. The van der Waals surface area contributed by atoms with Crippen molar-refractivity contribution < 1.29 is 4.74 Å². The molecule has 0 bridgehead atoms. The number of rotatable bonds is 6. The zero-order valence-electron chi connectivity index (χ0n) is 16.6. The first-order valence-corrected chi connectivity index (χ1v) is 9.87. The number of likely N-dealkylation sites (tertiary alicyclic amines) is 1. The largest absolute Gasteiger partial charge is 0.489 e. The molecule has 3 rings (SSSR count). The number of aromatic nitrogens is 2. The first kappa shape index (κ1) is 22.8. The van der Waals surface area contributed by atoms with E-state index in [4.69, 9.17) is 21.3 Å². The molecule has 0 spiro atoms. The fraction of sp³-hybridized carbons (Fsp3) is 0.500. The van der Waals surface area contributed by atoms with Crippen LogP contribution in [0.5, 0.6) is 5.75 Å². The maximum Gasteiger partial charge on any atom is 0.194 e. The second-order valence-corrected chi connectivity index (χ2v) is 7.40. The Bertz CT molecular complexity index is 781. The lowest BCUT2D eigenvalue weighted by Gasteiger charge is -2.22. The number of guanidine groups is 1. The molecular formula is C20H29ClIN5O. The van der Waals surface area contributed by atoms with Gasteiger partial charge in [-0.05, 0) is 44.0 Å². The lowest BCUT2D eigenvalue weighted by molar-refractivity contribution is 0.229. The molecule has 1 N–H and O–H groups in total. The second kappa shape index (κ2) is 10.9. The molecule has 0 amide bonds. The molecule has 28 heavy (non-hydrogen) atoms. The van der Waals surface area contributed by atoms with E-state index in [1.807, 2.05) is 49.1 Å². The molecule has 2 heterocycles. The van der Waals surface area contributed by atoms with Crippen molar-refractivity contribution in [1.29, 1.82) is 0 Å². The van der Waals surface area contributed by atoms with Gasteiger partial charge < -0.3 is 15.0 Å². The molecule has 2 unspecified atom stereocenters. The number of halogens is 2. The average Bonchev–Trinajstić information content (AvgIpc) is 3.27. The summed E-state index contributed by atoms with van der Waals surface area (Å²) >= 11 is 6.02. The van der Waals surface area contributed by atoms with Crippen molar-refractivity contribution in [2.45, 2.75) is 32.3 Å². The van der Waals surface area contributed by atoms with Crippen molar-refractivity contribution in [2.75, 3.05) is 26.2 Å². The van der Waals surface area contributed by atoms with Gasteiger partial charge in [0.15, 0.2) is 5.96 Å². The monoisotopic (exact) mass is 517 g/mol. The molecule has 1 fully saturated rings. The van der Waals surface area contributed by atoms with E-state index in [1.165, 1.54) is 5.56 Å². The van der Waals surface area contributed by atoms with Gasteiger partial charge in [-0.1, -0.05) is 17.7 Å². The molecule has 0 radical (unpaired) electrons. The van der Waals surface area contributed by atoms with Gasteiger partial charge in [0.05, 0.1) is 12.7 Å². The lowest BCUT2D eigenvalue weighted by Crippen LogP contribution is -2.40. The van der Waals surface area contributed by atoms with Gasteiger partial charge >= 0.3 is 0 Å². The van der Waals surface area contributed by atoms with Crippen LogP contribution in [0.2, 0.25) is 5.02 Å². The summed E-state index contributed by atoms with van der Waals surface area (Å²) in [5.74, 6) is 2.22. The Morgan fingerprint density at radius 3 is 2.96 bits per heavy atom. The van der Waals surface area contributed by atoms with Gasteiger partial charge in [0.1, 0.15) is 11.9 Å². The van der Waals surface area contributed by atoms with E-state index in [-0.39, 0.29) is 30.1 Å². The van der Waals surface area contributed by atoms with E-state index in [1.54, 1.807) is 0 Å². The molecule has 0 saturated carbocycles. The number of aliphatic imine (C=N–C) groups is 1. The van der Waals surface area contributed by atoms with E-state index in [9.17, 15) is 0 Å². The first-order chi connectivity index (χ1) is 13.0. The smallest absolute Gasteiger partial charge is 0.194 e. The van der Waals surface area contributed by atoms with Crippen LogP contribution in [0.3, 0.4) is 0 Å². The average molecular weight is 518 g/mol. The van der Waals surface area contributed by atoms with Crippen LogP contribution >= 0.6 is 35.6 Å². The van der Waals surface area contributed by atoms with Crippen LogP contribution in [0.25, 0.3) is 0 Å². The predicted octanol–water partition coefficient (Wildman–Crippen LogP) is 3.91. The Balaban J connectivity index is 0.00000280. The van der Waals surface area contributed by atoms with Crippen LogP contribution in [0.1, 0.15) is 31.7 Å². The van der Waals surface area contributed by atoms with Gasteiger partial charge in [-0.25, -0.2) is 4.99 Å². The van der Waals surface area contributed by atoms with Crippen LogP contribution in [-0.4, -0.2) is 52.9 Å². The minimum Gasteiger partial charge on any atom is -0.489 e. The fourth-order valence-electron chi connectivity index (χ4n) is 3.33. The predicted molar refractivity (Wildman–Crippen MR) is 125 cm³/mol. The maximum atomic E-state index is 6.02. The molecule has 1 aromatic heterocycles. The summed E-state index contributed by atoms with van der Waals surface area (Å²) in [5.41, 5.74) is 1.30. The highest BCUT2D eigenvalue weighted by Gasteiger charge is 2.27. The fourth-order valence-corrected chi connectivity index (χ4v) is 3.51. The second-order valence-electron chi connectivity index (χ2n) is 6.96. The van der Waals surface area contributed by atoms with E-state index < -0.39 is 0 Å². The number of hydrogen-bond donors (Lipinski definition) is 1. The van der Waals surface area contributed by atoms with Crippen LogP contribution in [0, 0.1) is 0 Å². The van der Waals surface area contributed by atoms with Crippen molar-refractivity contribution in [3.8, 4) is 5.75 Å². The molecule has 1 aliphatic rings. The summed E-state index contributed by atoms with van der Waals surface area (Å²) < 4.78 is 7.80. The summed E-state index contributed by atoms with van der Waals surface area (Å²) in [5, 5.41) is 8.38. The third-order valence-electron chi connectivity index (χ3n) is 4.65. The summed E-state index contributed by atoms with van der Waals surface area (Å²) in [7, 11) is 1.96. The summed E-state index contributed by atoms with van der Waals surface area (Å²) in [4.78, 5) is 7.13. The highest BCUT2D eigenvalue weighted by molar-refractivity contribution is 14.0. The van der Waals surface area contributed by atoms with Crippen LogP contribution in [0.4, 0.5) is 0 Å². The number of hydrogen-bond acceptors (Lipinski definition) is 3. The zero-order valence-corrected chi connectivity index (χ0v) is 19.7. The van der Waals surface area contributed by atoms with Gasteiger partial charge in [-0.15, -0.1) is 24.0 Å². The molecule has 8 heteroatoms. The Kier molecular flexibility index (Phi) is 8.88. The van der Waals surface area contributed by atoms with Crippen LogP contribution < -0.4 is 10.1 Å². The Hall–Kier alpha value is -1.48. The van der Waals surface area contributed by atoms with Crippen LogP contribution in [-0.2, 0) is 7.05 Å². The number of nitrogens with one attached hydrogen (secondary N) is 1. The third kappa shape index (κ3) is 6.27. The van der Waals surface area contributed by atoms with Crippen molar-refractivity contribution in [3.05, 3.63) is 47.2 Å². The Morgan fingerprint density at radius 1 is 1.46 bits per heavy atom. The SMILES string of the molecule is CCNC(=NCC(C)Oc1cccc(Cl)c1)N1CCC(c2cnn(C)c2)C1.I. The van der Waals surface area contributed by atoms with Gasteiger partial charge in [-0.3, -0.25) is 4.68 Å². The van der Waals surface area contributed by atoms with Crippen molar-refractivity contribution >= 4 is 41.5 Å². The van der Waals surface area contributed by atoms with Gasteiger partial charge in [-0.2, -0.15) is 5.10 Å². The minimum absolute atomic E-state index is 0. The minimum atomic E-state index is -0.0335. The first-order valence-electron chi connectivity index (χ1n) is 9.49. The highest BCUT2D eigenvalue weighted by Crippen LogP contribution is 2.26. The number of aryl methyl sites for hydroxylation is 1. The van der Waals surface area contributed by atoms with Gasteiger partial charge in [0.25, 0.3) is 0 Å². The molecule has 1 aromatic carbocycles. The zero-order chi connectivity index (χ0) is 19.2. The quantitative estimate of drug-likeness (QED) is 0.359. The third-order valence-corrected chi connectivity index (χ3v) is 4.89. The number of ether oxygens (including phenoxy) is 1. The van der Waals surface area contributed by atoms with E-state index in [0.717, 1.165) is 37.8 Å². The topological polar surface area (TPSA) is 54.7 Å². The number of benzene rings is 1. The summed E-state index contributed by atoms with van der Waals surface area (Å²) in [6.45, 7) is 7.50. The van der Waals surface area contributed by atoms with E-state index in [2.05, 4.69) is 28.4 Å². The normalized spacial score (nSPS) is 17.9. The lowest BCUT2D eigenvalue weighted by atomic mass is 10.0. The molecule has 2 aromatic rings. The van der Waals surface area contributed by atoms with Crippen molar-refractivity contribution in [3.63, 3.8) is 0 Å². The Morgan fingerprint density at radius 2 is 2.29 bits per heavy atom. The molecule has 0 aliphatic carbocycles. The van der Waals surface area contributed by atoms with E-state index in [0.29, 0.717) is 17.5 Å². The molecule has 154 valence electrons. The summed E-state index contributed by atoms with van der Waals surface area (Å²) in [6, 6.07) is 7.47. The van der Waals surface area contributed by atoms with Crippen molar-refractivity contribution in [1.82, 2.24) is 20.0 Å². The Labute approximate surface area is 189 Å². The molecule has 1 aliphatic heterocycles. The van der Waals surface area contributed by atoms with Crippen LogP contribution in [0.15, 0.2) is 41.7 Å². The number of nitrogens with zero attached hydrogens (tertiary/aromatic N) is 4. The van der Waals surface area contributed by atoms with Gasteiger partial charge in [0, 0.05) is 43.8 Å². The maximum absolute atomic E-state index is 6.02. The highest BCUT2D eigenvalue weighted by atomic mass is 127. The molecule has 6 nitrogen and oxygen atoms in total. The van der Waals surface area contributed by atoms with Gasteiger partial charge in [0.2, 0.25) is 0 Å². The molecule has 2 atom stereocenters. The standard InChI is InChI=1S/C20H28ClN5O.HI/c1-4-22-20(23-11-15(2)27-19-7-5-6-18(21)10-19)26-9-8-16(14-26)17-12-24-25(3)13-17;/h5-7,10,12-13,15-16H,4,8-9,11,14H2,1-3H3,(H,22,23);1H. The van der Waals surface area contributed by atoms with E-state index >= 15 is 0 Å². The van der Waals surface area contributed by atoms with Crippen molar-refractivity contribution in [2.24, 2.45) is 12.0 Å².